The summed E-state index contributed by atoms with van der Waals surface area (Å²) < 4.78 is 6.83. The maximum Gasteiger partial charge on any atom is 0.250 e. The predicted octanol–water partition coefficient (Wildman–Crippen LogP) is 4.79. The van der Waals surface area contributed by atoms with Crippen LogP contribution in [0.5, 0.6) is 0 Å². The molecule has 5 rings (SSSR count). The van der Waals surface area contributed by atoms with Crippen LogP contribution < -0.4 is 10.6 Å². The van der Waals surface area contributed by atoms with Gasteiger partial charge in [0.1, 0.15) is 11.6 Å². The average molecular weight is 568 g/mol. The second-order valence-corrected chi connectivity index (χ2v) is 11.9. The number of para-hydroxylation sites is 2. The third-order valence-electron chi connectivity index (χ3n) is 9.51. The largest absolute Gasteiger partial charge is 0.394 e. The summed E-state index contributed by atoms with van der Waals surface area (Å²) in [7, 11) is 0. The molecule has 0 aliphatic carbocycles. The number of nitrogens with zero attached hydrogens (tertiary/aromatic N) is 1. The third kappa shape index (κ3) is 4.32. The summed E-state index contributed by atoms with van der Waals surface area (Å²) in [5.74, 6) is -2.76. The number of benzene rings is 2. The highest BCUT2D eigenvalue weighted by Crippen LogP contribution is 2.65. The van der Waals surface area contributed by atoms with Crippen LogP contribution in [0.4, 0.5) is 11.4 Å². The number of amides is 3. The number of anilines is 2. The SMILES string of the molecule is CC[C@H](C)[C@H](CO)N1C(=O)[C@@H]2[C@@H](C(=O)Nc3ccccc3)[C@@]3(CC)CCC2(O3)C1C(=O)Nc1c(C)cccc1Cl. The molecule has 40 heavy (non-hydrogen) atoms. The Kier molecular flexibility index (Phi) is 7.72. The van der Waals surface area contributed by atoms with E-state index in [2.05, 4.69) is 10.6 Å². The first-order valence-electron chi connectivity index (χ1n) is 14.2. The maximum atomic E-state index is 14.5. The van der Waals surface area contributed by atoms with E-state index in [0.717, 1.165) is 5.56 Å². The first-order chi connectivity index (χ1) is 19.1. The number of likely N-dealkylation sites (tertiary alicyclic amines) is 1. The van der Waals surface area contributed by atoms with Crippen LogP contribution in [0.25, 0.3) is 0 Å². The van der Waals surface area contributed by atoms with Crippen LogP contribution in [0, 0.1) is 24.7 Å². The number of aliphatic hydroxyl groups excluding tert-OH is 1. The van der Waals surface area contributed by atoms with Gasteiger partial charge in [0.25, 0.3) is 0 Å². The zero-order valence-electron chi connectivity index (χ0n) is 23.4. The molecule has 214 valence electrons. The lowest BCUT2D eigenvalue weighted by molar-refractivity contribution is -0.149. The maximum absolute atomic E-state index is 14.5. The van der Waals surface area contributed by atoms with Gasteiger partial charge in [-0.3, -0.25) is 14.4 Å². The molecule has 2 aromatic rings. The first kappa shape index (κ1) is 28.6. The Labute approximate surface area is 240 Å². The molecule has 9 heteroatoms. The minimum absolute atomic E-state index is 0.0875. The Morgan fingerprint density at radius 3 is 2.45 bits per heavy atom. The van der Waals surface area contributed by atoms with Gasteiger partial charge in [0.05, 0.1) is 40.8 Å². The Morgan fingerprint density at radius 1 is 1.10 bits per heavy atom. The topological polar surface area (TPSA) is 108 Å². The number of ether oxygens (including phenoxy) is 1. The van der Waals surface area contributed by atoms with Crippen molar-refractivity contribution in [1.82, 2.24) is 4.90 Å². The lowest BCUT2D eigenvalue weighted by Crippen LogP contribution is -2.57. The van der Waals surface area contributed by atoms with E-state index in [0.29, 0.717) is 42.1 Å². The smallest absolute Gasteiger partial charge is 0.250 e. The number of hydrogen-bond donors (Lipinski definition) is 3. The van der Waals surface area contributed by atoms with Gasteiger partial charge in [-0.2, -0.15) is 0 Å². The summed E-state index contributed by atoms with van der Waals surface area (Å²) >= 11 is 6.46. The molecule has 3 saturated heterocycles. The predicted molar refractivity (Wildman–Crippen MR) is 154 cm³/mol. The van der Waals surface area contributed by atoms with Crippen molar-refractivity contribution in [2.45, 2.75) is 76.7 Å². The zero-order chi connectivity index (χ0) is 28.8. The molecule has 3 aliphatic heterocycles. The average Bonchev–Trinajstić information content (AvgIpc) is 3.55. The quantitative estimate of drug-likeness (QED) is 0.404. The molecule has 8 nitrogen and oxygen atoms in total. The second-order valence-electron chi connectivity index (χ2n) is 11.5. The fourth-order valence-corrected chi connectivity index (χ4v) is 7.52. The number of hydrogen-bond acceptors (Lipinski definition) is 5. The van der Waals surface area contributed by atoms with Crippen molar-refractivity contribution in [2.24, 2.45) is 17.8 Å². The highest BCUT2D eigenvalue weighted by atomic mass is 35.5. The molecule has 0 saturated carbocycles. The molecule has 2 unspecified atom stereocenters. The molecule has 0 aromatic heterocycles. The van der Waals surface area contributed by atoms with Crippen LogP contribution in [0.15, 0.2) is 48.5 Å². The molecular formula is C31H38ClN3O5. The Balaban J connectivity index is 1.60. The Bertz CT molecular complexity index is 1280. The van der Waals surface area contributed by atoms with Crippen LogP contribution in [0.2, 0.25) is 5.02 Å². The van der Waals surface area contributed by atoms with Crippen molar-refractivity contribution < 1.29 is 24.2 Å². The van der Waals surface area contributed by atoms with Crippen molar-refractivity contribution in [3.63, 3.8) is 0 Å². The highest BCUT2D eigenvalue weighted by molar-refractivity contribution is 6.34. The lowest BCUT2D eigenvalue weighted by Gasteiger charge is -2.39. The van der Waals surface area contributed by atoms with Gasteiger partial charge in [-0.1, -0.05) is 69.1 Å². The summed E-state index contributed by atoms with van der Waals surface area (Å²) in [5.41, 5.74) is -0.176. The molecule has 3 amide bonds. The number of nitrogens with one attached hydrogen (secondary N) is 2. The van der Waals surface area contributed by atoms with E-state index in [-0.39, 0.29) is 24.3 Å². The van der Waals surface area contributed by atoms with Crippen LogP contribution in [-0.4, -0.2) is 57.6 Å². The van der Waals surface area contributed by atoms with Gasteiger partial charge in [0.15, 0.2) is 0 Å². The standard InChI is InChI=1S/C31H38ClN3O5/c1-5-18(3)22(17-36)35-26(28(38)34-25-19(4)11-10-14-21(25)32)31-16-15-30(6-2,40-31)23(24(31)29(35)39)27(37)33-20-12-8-7-9-13-20/h7-14,18,22-24,26,36H,5-6,15-17H2,1-4H3,(H,33,37)(H,34,38)/t18-,22-,23-,24-,26?,30+,31?/m0/s1. The number of carbonyl (C=O) groups excluding carboxylic acids is 3. The summed E-state index contributed by atoms with van der Waals surface area (Å²) in [6, 6.07) is 12.9. The van der Waals surface area contributed by atoms with Gasteiger partial charge < -0.3 is 25.4 Å². The zero-order valence-corrected chi connectivity index (χ0v) is 24.2. The number of carbonyl (C=O) groups is 3. The molecule has 1 spiro atoms. The molecule has 7 atom stereocenters. The van der Waals surface area contributed by atoms with Crippen molar-refractivity contribution in [3.05, 3.63) is 59.1 Å². The molecule has 3 fully saturated rings. The fourth-order valence-electron chi connectivity index (χ4n) is 7.25. The van der Waals surface area contributed by atoms with Crippen LogP contribution >= 0.6 is 11.6 Å². The summed E-state index contributed by atoms with van der Waals surface area (Å²) in [6.07, 6.45) is 2.23. The van der Waals surface area contributed by atoms with E-state index in [1.807, 2.05) is 52.0 Å². The van der Waals surface area contributed by atoms with E-state index < -0.39 is 41.0 Å². The van der Waals surface area contributed by atoms with E-state index in [1.165, 1.54) is 4.90 Å². The molecule has 3 heterocycles. The Morgan fingerprint density at radius 2 is 1.82 bits per heavy atom. The second kappa shape index (κ2) is 10.8. The monoisotopic (exact) mass is 567 g/mol. The van der Waals surface area contributed by atoms with Gasteiger partial charge in [-0.05, 0) is 55.9 Å². The van der Waals surface area contributed by atoms with Gasteiger partial charge in [0, 0.05) is 5.69 Å². The van der Waals surface area contributed by atoms with Crippen molar-refractivity contribution >= 4 is 40.7 Å². The van der Waals surface area contributed by atoms with Gasteiger partial charge >= 0.3 is 0 Å². The van der Waals surface area contributed by atoms with Crippen LogP contribution in [0.1, 0.15) is 52.0 Å². The molecule has 3 N–H and O–H groups in total. The van der Waals surface area contributed by atoms with Crippen LogP contribution in [0.3, 0.4) is 0 Å². The normalized spacial score (nSPS) is 30.2. The van der Waals surface area contributed by atoms with Gasteiger partial charge in [0.2, 0.25) is 17.7 Å². The van der Waals surface area contributed by atoms with Crippen molar-refractivity contribution in [2.75, 3.05) is 17.2 Å². The van der Waals surface area contributed by atoms with Gasteiger partial charge in [-0.25, -0.2) is 0 Å². The molecule has 3 aliphatic rings. The summed E-state index contributed by atoms with van der Waals surface area (Å²) in [5, 5.41) is 16.9. The van der Waals surface area contributed by atoms with E-state index in [4.69, 9.17) is 16.3 Å². The molecule has 0 radical (unpaired) electrons. The summed E-state index contributed by atoms with van der Waals surface area (Å²) in [4.78, 5) is 44.2. The third-order valence-corrected chi connectivity index (χ3v) is 9.82. The molecule has 2 aromatic carbocycles. The van der Waals surface area contributed by atoms with E-state index in [1.54, 1.807) is 24.3 Å². The highest BCUT2D eigenvalue weighted by Gasteiger charge is 2.79. The van der Waals surface area contributed by atoms with E-state index in [9.17, 15) is 19.5 Å². The van der Waals surface area contributed by atoms with Crippen LogP contribution in [-0.2, 0) is 19.1 Å². The number of rotatable bonds is 9. The minimum atomic E-state index is -1.20. The number of aliphatic hydroxyl groups is 1. The minimum Gasteiger partial charge on any atom is -0.394 e. The van der Waals surface area contributed by atoms with Crippen molar-refractivity contribution in [3.8, 4) is 0 Å². The van der Waals surface area contributed by atoms with Crippen molar-refractivity contribution in [1.29, 1.82) is 0 Å². The lowest BCUT2D eigenvalue weighted by atomic mass is 9.65. The molecular weight excluding hydrogens is 530 g/mol. The number of halogens is 1. The number of fused-ring (bicyclic) bond motifs is 1. The van der Waals surface area contributed by atoms with E-state index >= 15 is 0 Å². The summed E-state index contributed by atoms with van der Waals surface area (Å²) in [6.45, 7) is 7.45. The first-order valence-corrected chi connectivity index (χ1v) is 14.6. The fraction of sp³-hybridized carbons (Fsp3) is 0.516. The molecule has 2 bridgehead atoms. The Hall–Kier alpha value is -2.94. The number of aryl methyl sites for hydroxylation is 1. The van der Waals surface area contributed by atoms with Gasteiger partial charge in [-0.15, -0.1) is 0 Å².